The van der Waals surface area contributed by atoms with E-state index in [9.17, 15) is 9.90 Å². The number of aryl methyl sites for hydroxylation is 1. The molecule has 0 unspecified atom stereocenters. The molecule has 8 heteroatoms. The lowest BCUT2D eigenvalue weighted by Gasteiger charge is -2.16. The van der Waals surface area contributed by atoms with Crippen LogP contribution in [0.25, 0.3) is 6.08 Å². The number of aromatic amines is 1. The van der Waals surface area contributed by atoms with Crippen molar-refractivity contribution >= 4 is 29.7 Å². The molecule has 0 aromatic carbocycles. The fourth-order valence-corrected chi connectivity index (χ4v) is 2.59. The van der Waals surface area contributed by atoms with Crippen molar-refractivity contribution in [3.05, 3.63) is 28.6 Å². The van der Waals surface area contributed by atoms with Crippen molar-refractivity contribution in [3.8, 4) is 0 Å². The molecular weight excluding hydrogens is 304 g/mol. The Labute approximate surface area is 132 Å². The maximum Gasteiger partial charge on any atom is 0.342 e. The molecule has 2 aromatic rings. The molecule has 0 fully saturated rings. The summed E-state index contributed by atoms with van der Waals surface area (Å²) in [5.74, 6) is 0.793. The Morgan fingerprint density at radius 2 is 2.18 bits per heavy atom. The van der Waals surface area contributed by atoms with Gasteiger partial charge < -0.3 is 14.4 Å². The van der Waals surface area contributed by atoms with Crippen LogP contribution in [0.5, 0.6) is 0 Å². The van der Waals surface area contributed by atoms with E-state index in [-0.39, 0.29) is 4.91 Å². The largest absolute Gasteiger partial charge is 0.477 e. The molecule has 118 valence electrons. The van der Waals surface area contributed by atoms with E-state index < -0.39 is 5.97 Å². The highest BCUT2D eigenvalue weighted by Gasteiger charge is 2.15. The van der Waals surface area contributed by atoms with Crippen molar-refractivity contribution < 1.29 is 14.3 Å². The Morgan fingerprint density at radius 1 is 1.45 bits per heavy atom. The van der Waals surface area contributed by atoms with Gasteiger partial charge in [-0.15, -0.1) is 5.10 Å². The minimum Gasteiger partial charge on any atom is -0.477 e. The second kappa shape index (κ2) is 7.17. The minimum absolute atomic E-state index is 0.0967. The van der Waals surface area contributed by atoms with Gasteiger partial charge in [0.1, 0.15) is 16.5 Å². The Morgan fingerprint density at radius 3 is 2.73 bits per heavy atom. The fraction of sp³-hybridized carbons (Fsp3) is 0.357. The molecule has 0 spiro atoms. The van der Waals surface area contributed by atoms with Crippen molar-refractivity contribution in [1.29, 1.82) is 0 Å². The summed E-state index contributed by atoms with van der Waals surface area (Å²) in [5.41, 5.74) is 0. The average Bonchev–Trinajstić information content (AvgIpc) is 3.09. The van der Waals surface area contributed by atoms with E-state index >= 15 is 0 Å². The number of aromatic nitrogens is 3. The Bertz CT molecular complexity index is 673. The number of carbonyl (C=O) groups is 1. The summed E-state index contributed by atoms with van der Waals surface area (Å²) in [6, 6.07) is 3.58. The number of nitrogens with zero attached hydrogens (tertiary/aromatic N) is 3. The van der Waals surface area contributed by atoms with Crippen molar-refractivity contribution in [3.63, 3.8) is 0 Å². The normalized spacial score (nSPS) is 11.7. The van der Waals surface area contributed by atoms with Crippen LogP contribution in [0, 0.1) is 6.92 Å². The number of nitrogens with one attached hydrogen (secondary N) is 1. The van der Waals surface area contributed by atoms with Crippen LogP contribution >= 0.6 is 11.8 Å². The average molecular weight is 322 g/mol. The maximum absolute atomic E-state index is 11.4. The molecule has 22 heavy (non-hydrogen) atoms. The van der Waals surface area contributed by atoms with Gasteiger partial charge in [0.25, 0.3) is 0 Å². The number of H-pyrrole nitrogens is 1. The van der Waals surface area contributed by atoms with Crippen molar-refractivity contribution in [2.75, 3.05) is 18.0 Å². The molecule has 0 bridgehead atoms. The van der Waals surface area contributed by atoms with Gasteiger partial charge in [0, 0.05) is 25.2 Å². The lowest BCUT2D eigenvalue weighted by molar-refractivity contribution is -0.131. The summed E-state index contributed by atoms with van der Waals surface area (Å²) in [6.45, 7) is 7.47. The van der Waals surface area contributed by atoms with Gasteiger partial charge in [-0.2, -0.15) is 0 Å². The summed E-state index contributed by atoms with van der Waals surface area (Å²) in [5, 5.41) is 16.3. The van der Waals surface area contributed by atoms with Crippen molar-refractivity contribution in [2.24, 2.45) is 0 Å². The van der Waals surface area contributed by atoms with Crippen LogP contribution in [-0.2, 0) is 4.79 Å². The van der Waals surface area contributed by atoms with E-state index in [0.717, 1.165) is 30.7 Å². The first-order valence-corrected chi connectivity index (χ1v) is 7.71. The molecule has 2 heterocycles. The molecule has 0 aliphatic rings. The van der Waals surface area contributed by atoms with Gasteiger partial charge >= 0.3 is 5.97 Å². The zero-order valence-corrected chi connectivity index (χ0v) is 13.5. The van der Waals surface area contributed by atoms with Crippen LogP contribution in [0.15, 0.2) is 26.6 Å². The third-order valence-corrected chi connectivity index (χ3v) is 3.83. The molecule has 0 radical (unpaired) electrons. The number of hydrogen-bond donors (Lipinski definition) is 2. The smallest absolute Gasteiger partial charge is 0.342 e. The van der Waals surface area contributed by atoms with Gasteiger partial charge in [0.2, 0.25) is 5.16 Å². The lowest BCUT2D eigenvalue weighted by atomic mass is 10.4. The number of carboxylic acids is 1. The topological polar surface area (TPSA) is 95.2 Å². The van der Waals surface area contributed by atoms with Gasteiger partial charge in [-0.05, 0) is 38.6 Å². The number of carboxylic acid groups (broad SMARTS) is 1. The molecule has 2 N–H and O–H groups in total. The van der Waals surface area contributed by atoms with Crippen LogP contribution in [0.2, 0.25) is 0 Å². The zero-order valence-electron chi connectivity index (χ0n) is 12.7. The number of anilines is 1. The van der Waals surface area contributed by atoms with E-state index in [1.54, 1.807) is 13.0 Å². The molecule has 0 amide bonds. The third-order valence-electron chi connectivity index (χ3n) is 2.95. The SMILES string of the molecule is CCN(CC)c1ccc(/C=C(\Sc2n[nH]c(C)n2)C(=O)O)o1. The van der Waals surface area contributed by atoms with Crippen LogP contribution in [0.1, 0.15) is 25.4 Å². The predicted octanol–water partition coefficient (Wildman–Crippen LogP) is 2.77. The van der Waals surface area contributed by atoms with Gasteiger partial charge in [-0.3, -0.25) is 5.10 Å². The standard InChI is InChI=1S/C14H18N4O3S/c1-4-18(5-2)12-7-6-10(21-12)8-11(13(19)20)22-14-15-9(3)16-17-14/h6-8H,4-5H2,1-3H3,(H,19,20)(H,15,16,17)/b11-8-. The first-order chi connectivity index (χ1) is 10.5. The van der Waals surface area contributed by atoms with Crippen LogP contribution in [0.4, 0.5) is 5.88 Å². The second-order valence-corrected chi connectivity index (χ2v) is 5.48. The highest BCUT2D eigenvalue weighted by molar-refractivity contribution is 8.04. The fourth-order valence-electron chi connectivity index (χ4n) is 1.86. The third kappa shape index (κ3) is 3.91. The Balaban J connectivity index is 2.21. The summed E-state index contributed by atoms with van der Waals surface area (Å²) in [6.07, 6.45) is 1.48. The van der Waals surface area contributed by atoms with Gasteiger partial charge in [-0.25, -0.2) is 9.78 Å². The molecule has 0 saturated carbocycles. The van der Waals surface area contributed by atoms with E-state index in [0.29, 0.717) is 16.7 Å². The van der Waals surface area contributed by atoms with Crippen LogP contribution < -0.4 is 4.90 Å². The van der Waals surface area contributed by atoms with Crippen molar-refractivity contribution in [1.82, 2.24) is 15.2 Å². The summed E-state index contributed by atoms with van der Waals surface area (Å²) in [4.78, 5) is 17.6. The number of hydrogen-bond acceptors (Lipinski definition) is 6. The molecule has 0 saturated heterocycles. The van der Waals surface area contributed by atoms with Crippen LogP contribution in [-0.4, -0.2) is 39.3 Å². The van der Waals surface area contributed by atoms with Gasteiger partial charge in [0.05, 0.1) is 0 Å². The summed E-state index contributed by atoms with van der Waals surface area (Å²) < 4.78 is 5.68. The van der Waals surface area contributed by atoms with E-state index in [1.165, 1.54) is 6.08 Å². The zero-order chi connectivity index (χ0) is 16.1. The molecule has 0 aliphatic heterocycles. The highest BCUT2D eigenvalue weighted by atomic mass is 32.2. The number of thioether (sulfide) groups is 1. The van der Waals surface area contributed by atoms with Crippen LogP contribution in [0.3, 0.4) is 0 Å². The van der Waals surface area contributed by atoms with Crippen molar-refractivity contribution in [2.45, 2.75) is 25.9 Å². The van der Waals surface area contributed by atoms with E-state index in [4.69, 9.17) is 4.42 Å². The predicted molar refractivity (Wildman–Crippen MR) is 84.9 cm³/mol. The Hall–Kier alpha value is -2.22. The highest BCUT2D eigenvalue weighted by Crippen LogP contribution is 2.27. The number of furan rings is 1. The summed E-state index contributed by atoms with van der Waals surface area (Å²) in [7, 11) is 0. The first kappa shape index (κ1) is 16.2. The Kier molecular flexibility index (Phi) is 5.26. The van der Waals surface area contributed by atoms with Gasteiger partial charge in [0.15, 0.2) is 5.88 Å². The van der Waals surface area contributed by atoms with E-state index in [1.807, 2.05) is 24.8 Å². The quantitative estimate of drug-likeness (QED) is 0.597. The number of aliphatic carboxylic acids is 1. The minimum atomic E-state index is -1.05. The molecule has 2 aromatic heterocycles. The molecule has 7 nitrogen and oxygen atoms in total. The lowest BCUT2D eigenvalue weighted by Crippen LogP contribution is -2.20. The molecule has 2 rings (SSSR count). The molecule has 0 aliphatic carbocycles. The maximum atomic E-state index is 11.4. The summed E-state index contributed by atoms with van der Waals surface area (Å²) >= 11 is 0.976. The van der Waals surface area contributed by atoms with E-state index in [2.05, 4.69) is 15.2 Å². The molecular formula is C14H18N4O3S. The number of rotatable bonds is 7. The first-order valence-electron chi connectivity index (χ1n) is 6.90. The second-order valence-electron chi connectivity index (χ2n) is 4.47. The monoisotopic (exact) mass is 322 g/mol. The molecule has 0 atom stereocenters. The van der Waals surface area contributed by atoms with Gasteiger partial charge in [-0.1, -0.05) is 0 Å².